The fraction of sp³-hybridized carbons (Fsp3) is 0.409. The molecule has 1 aliphatic carbocycles. The fourth-order valence-electron chi connectivity index (χ4n) is 3.80. The van der Waals surface area contributed by atoms with Crippen LogP contribution in [0.15, 0.2) is 36.9 Å². The Kier molecular flexibility index (Phi) is 5.56. The number of nitrogens with zero attached hydrogens (tertiary/aromatic N) is 7. The van der Waals surface area contributed by atoms with Gasteiger partial charge in [-0.05, 0) is 39.7 Å². The summed E-state index contributed by atoms with van der Waals surface area (Å²) in [6.45, 7) is 6.16. The van der Waals surface area contributed by atoms with Crippen LogP contribution < -0.4 is 5.32 Å². The van der Waals surface area contributed by atoms with Gasteiger partial charge in [0.1, 0.15) is 29.1 Å². The molecule has 4 aromatic heterocycles. The number of methoxy groups -OCH3 is 1. The number of nitrogens with one attached hydrogen (secondary N) is 1. The topological polar surface area (TPSA) is 130 Å². The van der Waals surface area contributed by atoms with E-state index in [9.17, 15) is 8.42 Å². The molecule has 4 aromatic rings. The summed E-state index contributed by atoms with van der Waals surface area (Å²) in [5.41, 5.74) is 2.24. The van der Waals surface area contributed by atoms with Crippen LogP contribution in [0.2, 0.25) is 0 Å². The Hall–Kier alpha value is -3.38. The lowest BCUT2D eigenvalue weighted by Crippen LogP contribution is -2.17. The van der Waals surface area contributed by atoms with E-state index < -0.39 is 10.0 Å². The molecule has 0 saturated heterocycles. The van der Waals surface area contributed by atoms with Crippen molar-refractivity contribution >= 4 is 32.7 Å². The quantitative estimate of drug-likeness (QED) is 0.401. The van der Waals surface area contributed by atoms with Crippen LogP contribution >= 0.6 is 0 Å². The summed E-state index contributed by atoms with van der Waals surface area (Å²) >= 11 is 0. The Balaban J connectivity index is 1.44. The Labute approximate surface area is 197 Å². The number of aromatic nitrogens is 7. The minimum Gasteiger partial charge on any atom is -0.374 e. The van der Waals surface area contributed by atoms with E-state index in [-0.39, 0.29) is 17.4 Å². The zero-order valence-electron chi connectivity index (χ0n) is 19.4. The monoisotopic (exact) mass is 482 g/mol. The van der Waals surface area contributed by atoms with Crippen molar-refractivity contribution in [3.63, 3.8) is 0 Å². The van der Waals surface area contributed by atoms with Gasteiger partial charge in [0.05, 0.1) is 34.9 Å². The van der Waals surface area contributed by atoms with Crippen molar-refractivity contribution in [1.82, 2.24) is 33.7 Å². The molecular formula is C22H26N8O3S. The highest BCUT2D eigenvalue weighted by Crippen LogP contribution is 2.31. The van der Waals surface area contributed by atoms with E-state index in [1.807, 2.05) is 13.0 Å². The molecule has 4 heterocycles. The zero-order valence-corrected chi connectivity index (χ0v) is 20.2. The van der Waals surface area contributed by atoms with Gasteiger partial charge < -0.3 is 14.6 Å². The highest BCUT2D eigenvalue weighted by atomic mass is 32.2. The van der Waals surface area contributed by atoms with Gasteiger partial charge in [-0.2, -0.15) is 9.19 Å². The van der Waals surface area contributed by atoms with Gasteiger partial charge in [-0.1, -0.05) is 0 Å². The van der Waals surface area contributed by atoms with Crippen molar-refractivity contribution < 1.29 is 13.2 Å². The molecule has 5 rings (SSSR count). The van der Waals surface area contributed by atoms with Crippen LogP contribution in [0.1, 0.15) is 51.6 Å². The van der Waals surface area contributed by atoms with Crippen LogP contribution in [-0.2, 0) is 14.8 Å². The summed E-state index contributed by atoms with van der Waals surface area (Å²) < 4.78 is 33.5. The Bertz CT molecular complexity index is 1460. The first-order valence-electron chi connectivity index (χ1n) is 11.1. The minimum atomic E-state index is -3.44. The molecule has 11 nitrogen and oxygen atoms in total. The third kappa shape index (κ3) is 4.03. The third-order valence-electron chi connectivity index (χ3n) is 5.77. The molecule has 1 saturated carbocycles. The predicted molar refractivity (Wildman–Crippen MR) is 127 cm³/mol. The van der Waals surface area contributed by atoms with Gasteiger partial charge in [-0.25, -0.2) is 28.4 Å². The molecule has 0 aromatic carbocycles. The van der Waals surface area contributed by atoms with Gasteiger partial charge in [0, 0.05) is 25.4 Å². The number of fused-ring (bicyclic) bond motifs is 1. The van der Waals surface area contributed by atoms with Crippen molar-refractivity contribution in [2.75, 3.05) is 12.4 Å². The highest BCUT2D eigenvalue weighted by Gasteiger charge is 2.37. The summed E-state index contributed by atoms with van der Waals surface area (Å²) in [5, 5.41) is 6.88. The number of rotatable bonds is 8. The van der Waals surface area contributed by atoms with Crippen LogP contribution in [0.25, 0.3) is 22.4 Å². The van der Waals surface area contributed by atoms with Crippen molar-refractivity contribution in [3.05, 3.63) is 42.7 Å². The molecule has 178 valence electrons. The maximum absolute atomic E-state index is 12.4. The SMILES string of the molecule is COC(C)c1nc2cnc(Nc3ccnc(-c4cnn(S(=O)(=O)C5CC5)c4)n3)cc2n1C(C)C. The van der Waals surface area contributed by atoms with E-state index in [4.69, 9.17) is 9.72 Å². The lowest BCUT2D eigenvalue weighted by Gasteiger charge is -2.16. The lowest BCUT2D eigenvalue weighted by atomic mass is 10.3. The largest absolute Gasteiger partial charge is 0.374 e. The zero-order chi connectivity index (χ0) is 24.0. The van der Waals surface area contributed by atoms with Crippen LogP contribution in [0, 0.1) is 0 Å². The smallest absolute Gasteiger partial charge is 0.256 e. The maximum atomic E-state index is 12.4. The average Bonchev–Trinajstić information content (AvgIpc) is 3.44. The van der Waals surface area contributed by atoms with Crippen LogP contribution in [0.3, 0.4) is 0 Å². The predicted octanol–water partition coefficient (Wildman–Crippen LogP) is 3.46. The number of pyridine rings is 1. The second-order valence-corrected chi connectivity index (χ2v) is 10.7. The van der Waals surface area contributed by atoms with Crippen LogP contribution in [0.5, 0.6) is 0 Å². The van der Waals surface area contributed by atoms with Gasteiger partial charge >= 0.3 is 0 Å². The van der Waals surface area contributed by atoms with Gasteiger partial charge in [-0.3, -0.25) is 0 Å². The summed E-state index contributed by atoms with van der Waals surface area (Å²) in [4.78, 5) is 18.0. The molecule has 0 aliphatic heterocycles. The van der Waals surface area contributed by atoms with Gasteiger partial charge in [0.2, 0.25) is 0 Å². The number of hydrogen-bond donors (Lipinski definition) is 1. The van der Waals surface area contributed by atoms with Crippen molar-refractivity contribution in [1.29, 1.82) is 0 Å². The number of anilines is 2. The van der Waals surface area contributed by atoms with Gasteiger partial charge in [0.15, 0.2) is 5.82 Å². The second kappa shape index (κ2) is 8.44. The van der Waals surface area contributed by atoms with E-state index in [0.717, 1.165) is 20.9 Å². The van der Waals surface area contributed by atoms with Gasteiger partial charge in [-0.15, -0.1) is 0 Å². The van der Waals surface area contributed by atoms with E-state index >= 15 is 0 Å². The first kappa shape index (κ1) is 22.4. The third-order valence-corrected chi connectivity index (χ3v) is 7.81. The molecule has 1 N–H and O–H groups in total. The molecule has 12 heteroatoms. The number of ether oxygens (including phenoxy) is 1. The average molecular weight is 483 g/mol. The summed E-state index contributed by atoms with van der Waals surface area (Å²) in [5.74, 6) is 2.33. The van der Waals surface area contributed by atoms with Crippen molar-refractivity contribution in [2.24, 2.45) is 0 Å². The molecule has 0 bridgehead atoms. The second-order valence-electron chi connectivity index (χ2n) is 8.61. The molecule has 34 heavy (non-hydrogen) atoms. The van der Waals surface area contributed by atoms with Gasteiger partial charge in [0.25, 0.3) is 10.0 Å². The molecular weight excluding hydrogens is 456 g/mol. The van der Waals surface area contributed by atoms with E-state index in [0.29, 0.717) is 35.9 Å². The molecule has 1 aliphatic rings. The number of hydrogen-bond acceptors (Lipinski definition) is 9. The molecule has 0 radical (unpaired) electrons. The maximum Gasteiger partial charge on any atom is 0.256 e. The summed E-state index contributed by atoms with van der Waals surface area (Å²) in [6, 6.07) is 3.83. The summed E-state index contributed by atoms with van der Waals surface area (Å²) in [7, 11) is -1.78. The van der Waals surface area contributed by atoms with Crippen molar-refractivity contribution in [2.45, 2.75) is 51.0 Å². The van der Waals surface area contributed by atoms with Crippen LogP contribution in [0.4, 0.5) is 11.6 Å². The standard InChI is InChI=1S/C22H26N8O3S/c1-13(2)30-18-9-20(24-11-17(18)26-22(30)14(3)33-4)27-19-7-8-23-21(28-19)15-10-25-29(12-15)34(31,32)16-5-6-16/h7-14,16H,5-6H2,1-4H3,(H,23,24,27,28). The van der Waals surface area contributed by atoms with Crippen LogP contribution in [-0.4, -0.2) is 54.5 Å². The van der Waals surface area contributed by atoms with E-state index in [2.05, 4.69) is 43.8 Å². The van der Waals surface area contributed by atoms with E-state index in [1.165, 1.54) is 12.4 Å². The Morgan fingerprint density at radius 1 is 1.12 bits per heavy atom. The number of imidazole rings is 1. The van der Waals surface area contributed by atoms with Crippen molar-refractivity contribution in [3.8, 4) is 11.4 Å². The molecule has 1 atom stereocenters. The lowest BCUT2D eigenvalue weighted by molar-refractivity contribution is 0.108. The normalized spacial score (nSPS) is 15.2. The highest BCUT2D eigenvalue weighted by molar-refractivity contribution is 7.90. The molecule has 0 spiro atoms. The minimum absolute atomic E-state index is 0.153. The Morgan fingerprint density at radius 3 is 2.62 bits per heavy atom. The Morgan fingerprint density at radius 2 is 1.91 bits per heavy atom. The first-order chi connectivity index (χ1) is 16.3. The summed E-state index contributed by atoms with van der Waals surface area (Å²) in [6.07, 6.45) is 7.43. The molecule has 1 fully saturated rings. The first-order valence-corrected chi connectivity index (χ1v) is 12.6. The van der Waals surface area contributed by atoms with E-state index in [1.54, 1.807) is 25.6 Å². The molecule has 1 unspecified atom stereocenters. The fourth-order valence-corrected chi connectivity index (χ4v) is 5.27. The molecule has 0 amide bonds.